The summed E-state index contributed by atoms with van der Waals surface area (Å²) in [4.78, 5) is 11.4. The lowest BCUT2D eigenvalue weighted by Gasteiger charge is -1.79. The van der Waals surface area contributed by atoms with Crippen LogP contribution in [0.5, 0.6) is 0 Å². The van der Waals surface area contributed by atoms with E-state index in [1.165, 1.54) is 4.88 Å². The maximum Gasteiger partial charge on any atom is 0.150 e. The van der Waals surface area contributed by atoms with Gasteiger partial charge < -0.3 is 0 Å². The van der Waals surface area contributed by atoms with E-state index in [2.05, 4.69) is 6.92 Å². The summed E-state index contributed by atoms with van der Waals surface area (Å²) >= 11 is 1.64. The first-order chi connectivity index (χ1) is 4.36. The third-order valence-electron chi connectivity index (χ3n) is 1.16. The van der Waals surface area contributed by atoms with E-state index in [0.29, 0.717) is 0 Å². The zero-order chi connectivity index (χ0) is 6.69. The second-order valence-electron chi connectivity index (χ2n) is 1.82. The molecule has 1 heterocycles. The van der Waals surface area contributed by atoms with E-state index in [9.17, 15) is 4.79 Å². The topological polar surface area (TPSA) is 17.1 Å². The van der Waals surface area contributed by atoms with Crippen molar-refractivity contribution in [2.45, 2.75) is 13.3 Å². The largest absolute Gasteiger partial charge is 0.298 e. The molecule has 0 aliphatic carbocycles. The number of carbonyl (C=O) groups is 1. The average molecular weight is 140 g/mol. The Morgan fingerprint density at radius 3 is 2.89 bits per heavy atom. The highest BCUT2D eigenvalue weighted by Crippen LogP contribution is 2.12. The third-order valence-corrected chi connectivity index (χ3v) is 2.26. The molecule has 1 aromatic rings. The van der Waals surface area contributed by atoms with E-state index in [1.807, 2.05) is 11.4 Å². The van der Waals surface area contributed by atoms with Crippen LogP contribution in [0.2, 0.25) is 0 Å². The zero-order valence-electron chi connectivity index (χ0n) is 5.26. The molecule has 0 aliphatic rings. The van der Waals surface area contributed by atoms with Crippen LogP contribution in [-0.2, 0) is 6.42 Å². The maximum absolute atomic E-state index is 10.1. The summed E-state index contributed by atoms with van der Waals surface area (Å²) in [7, 11) is 0. The van der Waals surface area contributed by atoms with E-state index in [4.69, 9.17) is 0 Å². The third kappa shape index (κ3) is 1.39. The summed E-state index contributed by atoms with van der Waals surface area (Å²) in [6, 6.07) is 1.93. The van der Waals surface area contributed by atoms with Gasteiger partial charge in [-0.25, -0.2) is 0 Å². The predicted octanol–water partition coefficient (Wildman–Crippen LogP) is 2.12. The van der Waals surface area contributed by atoms with Crippen molar-refractivity contribution in [1.29, 1.82) is 0 Å². The molecule has 0 atom stereocenters. The van der Waals surface area contributed by atoms with Crippen molar-refractivity contribution in [2.24, 2.45) is 0 Å². The Kier molecular flexibility index (Phi) is 2.01. The van der Waals surface area contributed by atoms with Crippen LogP contribution in [-0.4, -0.2) is 6.29 Å². The van der Waals surface area contributed by atoms with Gasteiger partial charge in [-0.15, -0.1) is 11.3 Å². The van der Waals surface area contributed by atoms with Crippen LogP contribution in [0.25, 0.3) is 0 Å². The molecule has 0 bridgehead atoms. The summed E-state index contributed by atoms with van der Waals surface area (Å²) < 4.78 is 0. The summed E-state index contributed by atoms with van der Waals surface area (Å²) in [5.74, 6) is 0. The highest BCUT2D eigenvalue weighted by molar-refractivity contribution is 7.10. The van der Waals surface area contributed by atoms with Gasteiger partial charge in [0.1, 0.15) is 0 Å². The first-order valence-corrected chi connectivity index (χ1v) is 3.77. The molecule has 0 amide bonds. The SMILES string of the molecule is CCc1cc(C=O)cs1. The lowest BCUT2D eigenvalue weighted by atomic mass is 10.3. The first-order valence-electron chi connectivity index (χ1n) is 2.89. The maximum atomic E-state index is 10.1. The monoisotopic (exact) mass is 140 g/mol. The van der Waals surface area contributed by atoms with Gasteiger partial charge in [0.05, 0.1) is 0 Å². The molecule has 48 valence electrons. The van der Waals surface area contributed by atoms with Gasteiger partial charge in [-0.3, -0.25) is 4.79 Å². The lowest BCUT2D eigenvalue weighted by molar-refractivity contribution is 0.112. The summed E-state index contributed by atoms with van der Waals surface area (Å²) in [6.07, 6.45) is 1.91. The van der Waals surface area contributed by atoms with Crippen LogP contribution in [0, 0.1) is 0 Å². The number of rotatable bonds is 2. The fraction of sp³-hybridized carbons (Fsp3) is 0.286. The van der Waals surface area contributed by atoms with Crippen molar-refractivity contribution in [3.63, 3.8) is 0 Å². The predicted molar refractivity (Wildman–Crippen MR) is 39.1 cm³/mol. The van der Waals surface area contributed by atoms with Crippen molar-refractivity contribution in [1.82, 2.24) is 0 Å². The second-order valence-corrected chi connectivity index (χ2v) is 2.81. The highest BCUT2D eigenvalue weighted by atomic mass is 32.1. The van der Waals surface area contributed by atoms with Gasteiger partial charge in [0.2, 0.25) is 0 Å². The fourth-order valence-electron chi connectivity index (χ4n) is 0.645. The number of thiophene rings is 1. The summed E-state index contributed by atoms with van der Waals surface area (Å²) in [5, 5.41) is 1.88. The van der Waals surface area contributed by atoms with Crippen molar-refractivity contribution >= 4 is 17.6 Å². The molecule has 0 N–H and O–H groups in total. The van der Waals surface area contributed by atoms with Crippen molar-refractivity contribution in [3.05, 3.63) is 21.9 Å². The van der Waals surface area contributed by atoms with Gasteiger partial charge in [-0.05, 0) is 12.5 Å². The molecule has 0 radical (unpaired) electrons. The number of hydrogen-bond donors (Lipinski definition) is 0. The Labute approximate surface area is 58.3 Å². The minimum atomic E-state index is 0.803. The van der Waals surface area contributed by atoms with Crippen LogP contribution in [0.15, 0.2) is 11.4 Å². The first kappa shape index (κ1) is 6.49. The lowest BCUT2D eigenvalue weighted by Crippen LogP contribution is -1.70. The Hall–Kier alpha value is -0.630. The van der Waals surface area contributed by atoms with E-state index < -0.39 is 0 Å². The smallest absolute Gasteiger partial charge is 0.150 e. The molecule has 1 rings (SSSR count). The summed E-state index contributed by atoms with van der Waals surface area (Å²) in [5.41, 5.74) is 0.803. The van der Waals surface area contributed by atoms with Crippen LogP contribution >= 0.6 is 11.3 Å². The molecule has 0 fully saturated rings. The standard InChI is InChI=1S/C7H8OS/c1-2-7-3-6(4-8)5-9-7/h3-5H,2H2,1H3. The molecule has 0 spiro atoms. The van der Waals surface area contributed by atoms with E-state index in [0.717, 1.165) is 18.3 Å². The molecule has 0 saturated heterocycles. The number of hydrogen-bond acceptors (Lipinski definition) is 2. The minimum Gasteiger partial charge on any atom is -0.298 e. The van der Waals surface area contributed by atoms with E-state index in [-0.39, 0.29) is 0 Å². The average Bonchev–Trinajstić information content (AvgIpc) is 2.34. The normalized spacial score (nSPS) is 9.44. The highest BCUT2D eigenvalue weighted by Gasteiger charge is 1.93. The second kappa shape index (κ2) is 2.78. The Morgan fingerprint density at radius 1 is 1.78 bits per heavy atom. The van der Waals surface area contributed by atoms with Gasteiger partial charge in [-0.2, -0.15) is 0 Å². The fourth-order valence-corrected chi connectivity index (χ4v) is 1.43. The molecule has 1 nitrogen and oxygen atoms in total. The van der Waals surface area contributed by atoms with Crippen molar-refractivity contribution in [3.8, 4) is 0 Å². The number of aryl methyl sites for hydroxylation is 1. The number of aldehydes is 1. The molecular weight excluding hydrogens is 132 g/mol. The Morgan fingerprint density at radius 2 is 2.56 bits per heavy atom. The van der Waals surface area contributed by atoms with E-state index in [1.54, 1.807) is 11.3 Å². The van der Waals surface area contributed by atoms with Crippen molar-refractivity contribution in [2.75, 3.05) is 0 Å². The molecule has 1 aromatic heterocycles. The Bertz CT molecular complexity index is 202. The van der Waals surface area contributed by atoms with Gasteiger partial charge in [0.15, 0.2) is 6.29 Å². The summed E-state index contributed by atoms with van der Waals surface area (Å²) in [6.45, 7) is 2.08. The van der Waals surface area contributed by atoms with E-state index >= 15 is 0 Å². The van der Waals surface area contributed by atoms with Crippen LogP contribution in [0.1, 0.15) is 22.2 Å². The van der Waals surface area contributed by atoms with Crippen LogP contribution in [0.4, 0.5) is 0 Å². The van der Waals surface area contributed by atoms with Gasteiger partial charge in [0.25, 0.3) is 0 Å². The molecular formula is C7H8OS. The zero-order valence-corrected chi connectivity index (χ0v) is 6.07. The molecule has 0 saturated carbocycles. The van der Waals surface area contributed by atoms with Crippen LogP contribution < -0.4 is 0 Å². The molecule has 2 heteroatoms. The number of carbonyl (C=O) groups excluding carboxylic acids is 1. The molecule has 0 unspecified atom stereocenters. The van der Waals surface area contributed by atoms with Gasteiger partial charge in [-0.1, -0.05) is 6.92 Å². The molecule has 9 heavy (non-hydrogen) atoms. The molecule has 0 aromatic carbocycles. The Balaban J connectivity index is 2.86. The van der Waals surface area contributed by atoms with Crippen LogP contribution in [0.3, 0.4) is 0 Å². The molecule has 0 aliphatic heterocycles. The van der Waals surface area contributed by atoms with Crippen molar-refractivity contribution < 1.29 is 4.79 Å². The quantitative estimate of drug-likeness (QED) is 0.575. The van der Waals surface area contributed by atoms with Gasteiger partial charge in [0, 0.05) is 15.8 Å². The minimum absolute atomic E-state index is 0.803. The van der Waals surface area contributed by atoms with Gasteiger partial charge >= 0.3 is 0 Å².